The molecule has 0 radical (unpaired) electrons. The van der Waals surface area contributed by atoms with Crippen LogP contribution in [-0.4, -0.2) is 20.7 Å². The lowest BCUT2D eigenvalue weighted by molar-refractivity contribution is 0.0941. The van der Waals surface area contributed by atoms with Gasteiger partial charge in [-0.2, -0.15) is 5.10 Å². The number of aromatic nitrogens is 3. The number of hydrogen-bond donors (Lipinski definition) is 1. The van der Waals surface area contributed by atoms with Crippen molar-refractivity contribution < 1.29 is 4.79 Å². The Hall–Kier alpha value is -2.69. The van der Waals surface area contributed by atoms with Crippen LogP contribution in [0.15, 0.2) is 42.6 Å². The van der Waals surface area contributed by atoms with Crippen molar-refractivity contribution in [1.82, 2.24) is 20.1 Å². The van der Waals surface area contributed by atoms with Gasteiger partial charge in [0.25, 0.3) is 5.91 Å². The van der Waals surface area contributed by atoms with Crippen molar-refractivity contribution in [3.63, 3.8) is 0 Å². The quantitative estimate of drug-likeness (QED) is 0.794. The monoisotopic (exact) mass is 322 g/mol. The Kier molecular flexibility index (Phi) is 4.34. The average Bonchev–Trinajstić information content (AvgIpc) is 2.98. The van der Waals surface area contributed by atoms with Gasteiger partial charge < -0.3 is 5.32 Å². The number of pyridine rings is 1. The van der Waals surface area contributed by atoms with Gasteiger partial charge in [-0.1, -0.05) is 30.3 Å². The lowest BCUT2D eigenvalue weighted by Crippen LogP contribution is -2.27. The van der Waals surface area contributed by atoms with Crippen molar-refractivity contribution in [3.05, 3.63) is 59.4 Å². The van der Waals surface area contributed by atoms with E-state index in [1.54, 1.807) is 6.20 Å². The van der Waals surface area contributed by atoms with E-state index < -0.39 is 0 Å². The molecule has 5 nitrogen and oxygen atoms in total. The summed E-state index contributed by atoms with van der Waals surface area (Å²) in [7, 11) is 0. The fourth-order valence-corrected chi connectivity index (χ4v) is 2.81. The molecule has 1 amide bonds. The first-order chi connectivity index (χ1) is 11.5. The van der Waals surface area contributed by atoms with E-state index in [2.05, 4.69) is 15.4 Å². The highest BCUT2D eigenvalue weighted by molar-refractivity contribution is 6.05. The van der Waals surface area contributed by atoms with Crippen LogP contribution in [0.1, 0.15) is 54.5 Å². The first-order valence-electron chi connectivity index (χ1n) is 8.18. The number of fused-ring (bicyclic) bond motifs is 1. The molecule has 1 N–H and O–H groups in total. The number of amides is 1. The van der Waals surface area contributed by atoms with E-state index in [0.29, 0.717) is 5.56 Å². The lowest BCUT2D eigenvalue weighted by atomic mass is 10.1. The largest absolute Gasteiger partial charge is 0.345 e. The zero-order chi connectivity index (χ0) is 17.3. The number of carbonyl (C=O) groups excluding carboxylic acids is 1. The van der Waals surface area contributed by atoms with E-state index in [1.165, 1.54) is 0 Å². The molecule has 0 fully saturated rings. The number of nitrogens with zero attached hydrogens (tertiary/aromatic N) is 3. The van der Waals surface area contributed by atoms with Crippen LogP contribution in [0.5, 0.6) is 0 Å². The van der Waals surface area contributed by atoms with Crippen LogP contribution in [-0.2, 0) is 0 Å². The molecule has 2 heterocycles. The third-order valence-corrected chi connectivity index (χ3v) is 4.08. The highest BCUT2D eigenvalue weighted by atomic mass is 16.1. The van der Waals surface area contributed by atoms with Crippen LogP contribution < -0.4 is 5.32 Å². The maximum Gasteiger partial charge on any atom is 0.252 e. The summed E-state index contributed by atoms with van der Waals surface area (Å²) in [5, 5.41) is 8.24. The van der Waals surface area contributed by atoms with Crippen molar-refractivity contribution in [2.24, 2.45) is 0 Å². The van der Waals surface area contributed by atoms with Crippen molar-refractivity contribution in [2.75, 3.05) is 0 Å². The molecule has 1 aromatic carbocycles. The second-order valence-electron chi connectivity index (χ2n) is 6.34. The molecule has 0 bridgehead atoms. The number of rotatable bonds is 4. The Balaban J connectivity index is 1.95. The van der Waals surface area contributed by atoms with E-state index in [4.69, 9.17) is 0 Å². The van der Waals surface area contributed by atoms with E-state index in [1.807, 2.05) is 68.8 Å². The van der Waals surface area contributed by atoms with E-state index >= 15 is 0 Å². The molecule has 124 valence electrons. The predicted octanol–water partition coefficient (Wildman–Crippen LogP) is 3.81. The highest BCUT2D eigenvalue weighted by Gasteiger charge is 2.18. The Bertz CT molecular complexity index is 868. The van der Waals surface area contributed by atoms with Gasteiger partial charge in [-0.3, -0.25) is 4.79 Å². The molecule has 5 heteroatoms. The minimum atomic E-state index is -0.106. The summed E-state index contributed by atoms with van der Waals surface area (Å²) in [6.45, 7) is 7.98. The fourth-order valence-electron chi connectivity index (χ4n) is 2.81. The maximum atomic E-state index is 12.8. The van der Waals surface area contributed by atoms with Gasteiger partial charge in [0, 0.05) is 11.7 Å². The maximum absolute atomic E-state index is 12.8. The second-order valence-corrected chi connectivity index (χ2v) is 6.34. The Labute approximate surface area is 141 Å². The molecule has 0 aliphatic heterocycles. The zero-order valence-electron chi connectivity index (χ0n) is 14.4. The summed E-state index contributed by atoms with van der Waals surface area (Å²) < 4.78 is 1.85. The molecular formula is C19H22N4O. The van der Waals surface area contributed by atoms with Gasteiger partial charge in [-0.15, -0.1) is 0 Å². The number of nitrogens with one attached hydrogen (secondary N) is 1. The molecule has 2 aromatic heterocycles. The molecular weight excluding hydrogens is 300 g/mol. The third-order valence-electron chi connectivity index (χ3n) is 4.08. The van der Waals surface area contributed by atoms with Gasteiger partial charge in [0.1, 0.15) is 0 Å². The Morgan fingerprint density at radius 3 is 2.54 bits per heavy atom. The normalized spacial score (nSPS) is 12.5. The molecule has 0 aliphatic rings. The first-order valence-corrected chi connectivity index (χ1v) is 8.18. The van der Waals surface area contributed by atoms with Crippen LogP contribution in [0.3, 0.4) is 0 Å². The Morgan fingerprint density at radius 2 is 1.88 bits per heavy atom. The predicted molar refractivity (Wildman–Crippen MR) is 95.0 cm³/mol. The number of aryl methyl sites for hydroxylation is 1. The smallest absolute Gasteiger partial charge is 0.252 e. The summed E-state index contributed by atoms with van der Waals surface area (Å²) in [5.41, 5.74) is 3.25. The van der Waals surface area contributed by atoms with Gasteiger partial charge >= 0.3 is 0 Å². The van der Waals surface area contributed by atoms with Crippen LogP contribution in [0.4, 0.5) is 0 Å². The molecule has 0 unspecified atom stereocenters. The molecule has 3 rings (SSSR count). The van der Waals surface area contributed by atoms with Crippen molar-refractivity contribution >= 4 is 16.9 Å². The van der Waals surface area contributed by atoms with Crippen LogP contribution in [0.2, 0.25) is 0 Å². The first kappa shape index (κ1) is 16.2. The minimum absolute atomic E-state index is 0.0673. The third kappa shape index (κ3) is 3.02. The molecule has 1 atom stereocenters. The Morgan fingerprint density at radius 1 is 1.17 bits per heavy atom. The summed E-state index contributed by atoms with van der Waals surface area (Å²) in [6, 6.07) is 11.9. The average molecular weight is 322 g/mol. The fraction of sp³-hybridized carbons (Fsp3) is 0.316. The van der Waals surface area contributed by atoms with Crippen molar-refractivity contribution in [3.8, 4) is 0 Å². The van der Waals surface area contributed by atoms with Crippen LogP contribution in [0, 0.1) is 6.92 Å². The van der Waals surface area contributed by atoms with Gasteiger partial charge in [-0.25, -0.2) is 9.67 Å². The summed E-state index contributed by atoms with van der Waals surface area (Å²) >= 11 is 0. The molecule has 0 saturated heterocycles. The second kappa shape index (κ2) is 6.43. The summed E-state index contributed by atoms with van der Waals surface area (Å²) in [5.74, 6) is -0.106. The van der Waals surface area contributed by atoms with Crippen LogP contribution >= 0.6 is 0 Å². The molecule has 0 spiro atoms. The van der Waals surface area contributed by atoms with Crippen molar-refractivity contribution in [1.29, 1.82) is 0 Å². The molecule has 0 aliphatic carbocycles. The summed E-state index contributed by atoms with van der Waals surface area (Å²) in [6.07, 6.45) is 1.73. The van der Waals surface area contributed by atoms with Crippen molar-refractivity contribution in [2.45, 2.75) is 39.8 Å². The van der Waals surface area contributed by atoms with Gasteiger partial charge in [-0.05, 0) is 39.3 Å². The molecule has 24 heavy (non-hydrogen) atoms. The van der Waals surface area contributed by atoms with E-state index in [9.17, 15) is 4.79 Å². The highest BCUT2D eigenvalue weighted by Crippen LogP contribution is 2.22. The van der Waals surface area contributed by atoms with Gasteiger partial charge in [0.2, 0.25) is 0 Å². The van der Waals surface area contributed by atoms with E-state index in [0.717, 1.165) is 22.3 Å². The number of hydrogen-bond acceptors (Lipinski definition) is 3. The minimum Gasteiger partial charge on any atom is -0.345 e. The van der Waals surface area contributed by atoms with Gasteiger partial charge in [0.05, 0.1) is 23.2 Å². The zero-order valence-corrected chi connectivity index (χ0v) is 14.4. The number of benzene rings is 1. The van der Waals surface area contributed by atoms with Crippen LogP contribution in [0.25, 0.3) is 11.0 Å². The lowest BCUT2D eigenvalue weighted by Gasteiger charge is -2.15. The molecule has 0 saturated carbocycles. The number of carbonyl (C=O) groups is 1. The summed E-state index contributed by atoms with van der Waals surface area (Å²) in [4.78, 5) is 17.4. The topological polar surface area (TPSA) is 59.8 Å². The van der Waals surface area contributed by atoms with E-state index in [-0.39, 0.29) is 18.0 Å². The standard InChI is InChI=1S/C19H22N4O/c1-12(2)23-18-17(11-20-23)16(10-13(3)21-18)19(24)22-14(4)15-8-6-5-7-9-15/h5-12,14H,1-4H3,(H,22,24)/t14-/m0/s1. The van der Waals surface area contributed by atoms with Gasteiger partial charge in [0.15, 0.2) is 5.65 Å². The SMILES string of the molecule is Cc1cc(C(=O)N[C@@H](C)c2ccccc2)c2cnn(C(C)C)c2n1. The molecule has 3 aromatic rings.